The normalized spacial score (nSPS) is 19.2. The second kappa shape index (κ2) is 11.5. The van der Waals surface area contributed by atoms with E-state index in [-0.39, 0.29) is 0 Å². The van der Waals surface area contributed by atoms with Crippen LogP contribution in [0.25, 0.3) is 0 Å². The Morgan fingerprint density at radius 1 is 1.08 bits per heavy atom. The van der Waals surface area contributed by atoms with Crippen molar-refractivity contribution in [3.8, 4) is 0 Å². The molecule has 1 aliphatic rings. The smallest absolute Gasteiger partial charge is 0.191 e. The van der Waals surface area contributed by atoms with Crippen LogP contribution in [0, 0.1) is 5.92 Å². The molecule has 26 heavy (non-hydrogen) atoms. The molecule has 0 spiro atoms. The van der Waals surface area contributed by atoms with Gasteiger partial charge in [0.15, 0.2) is 5.96 Å². The van der Waals surface area contributed by atoms with Crippen LogP contribution in [-0.4, -0.2) is 80.9 Å². The number of hydrogen-bond acceptors (Lipinski definition) is 4. The van der Waals surface area contributed by atoms with Gasteiger partial charge in [-0.2, -0.15) is 0 Å². The first-order valence-corrected chi connectivity index (χ1v) is 10.5. The van der Waals surface area contributed by atoms with E-state index in [2.05, 4.69) is 76.7 Å². The number of guanidine groups is 1. The second-order valence-electron chi connectivity index (χ2n) is 7.28. The number of hydrogen-bond donors (Lipinski definition) is 2. The average Bonchev–Trinajstić information content (AvgIpc) is 2.64. The molecule has 1 aromatic rings. The summed E-state index contributed by atoms with van der Waals surface area (Å²) in [5.41, 5.74) is 0. The van der Waals surface area contributed by atoms with Crippen LogP contribution in [0.1, 0.15) is 13.8 Å². The van der Waals surface area contributed by atoms with Gasteiger partial charge in [0.25, 0.3) is 0 Å². The van der Waals surface area contributed by atoms with E-state index in [9.17, 15) is 0 Å². The van der Waals surface area contributed by atoms with Gasteiger partial charge in [-0.15, -0.1) is 11.8 Å². The molecule has 1 aromatic carbocycles. The molecule has 1 aliphatic heterocycles. The molecule has 0 radical (unpaired) electrons. The first-order valence-electron chi connectivity index (χ1n) is 9.64. The highest BCUT2D eigenvalue weighted by Crippen LogP contribution is 2.21. The van der Waals surface area contributed by atoms with E-state index in [1.165, 1.54) is 31.1 Å². The number of thioether (sulfide) groups is 1. The van der Waals surface area contributed by atoms with Gasteiger partial charge in [0.05, 0.1) is 0 Å². The highest BCUT2D eigenvalue weighted by atomic mass is 32.2. The number of aliphatic imine (C=N–C) groups is 1. The molecule has 0 bridgehead atoms. The Hall–Kier alpha value is -1.24. The van der Waals surface area contributed by atoms with E-state index in [1.54, 1.807) is 0 Å². The molecule has 2 N–H and O–H groups in total. The van der Waals surface area contributed by atoms with E-state index in [1.807, 2.05) is 18.8 Å². The third-order valence-electron chi connectivity index (χ3n) is 4.64. The summed E-state index contributed by atoms with van der Waals surface area (Å²) in [5, 5.41) is 7.42. The summed E-state index contributed by atoms with van der Waals surface area (Å²) in [5.74, 6) is 1.50. The standard InChI is InChI=1S/C20H35N5S/c1-17(16-25-12-10-24(4)11-13-25)14-22-20(21-3)23-15-18(2)26-19-8-6-5-7-9-19/h5-9,17-18H,10-16H2,1-4H3,(H2,21,22,23). The molecule has 5 nitrogen and oxygen atoms in total. The first-order chi connectivity index (χ1) is 12.6. The lowest BCUT2D eigenvalue weighted by Gasteiger charge is -2.34. The predicted molar refractivity (Wildman–Crippen MR) is 114 cm³/mol. The fourth-order valence-electron chi connectivity index (χ4n) is 3.04. The number of rotatable bonds is 8. The highest BCUT2D eigenvalue weighted by Gasteiger charge is 2.16. The van der Waals surface area contributed by atoms with Crippen LogP contribution in [0.5, 0.6) is 0 Å². The molecule has 2 atom stereocenters. The average molecular weight is 378 g/mol. The first kappa shape index (κ1) is 21.1. The fourth-order valence-corrected chi connectivity index (χ4v) is 3.99. The molecule has 0 aliphatic carbocycles. The lowest BCUT2D eigenvalue weighted by atomic mass is 10.1. The molecule has 2 rings (SSSR count). The van der Waals surface area contributed by atoms with E-state index in [0.717, 1.165) is 25.6 Å². The molecule has 146 valence electrons. The van der Waals surface area contributed by atoms with Crippen LogP contribution in [0.3, 0.4) is 0 Å². The van der Waals surface area contributed by atoms with Crippen molar-refractivity contribution in [3.05, 3.63) is 30.3 Å². The maximum atomic E-state index is 4.36. The number of nitrogens with zero attached hydrogens (tertiary/aromatic N) is 3. The predicted octanol–water partition coefficient (Wildman–Crippen LogP) is 2.22. The van der Waals surface area contributed by atoms with Crippen molar-refractivity contribution in [1.82, 2.24) is 20.4 Å². The third kappa shape index (κ3) is 7.98. The van der Waals surface area contributed by atoms with Crippen molar-refractivity contribution < 1.29 is 0 Å². The number of piperazine rings is 1. The van der Waals surface area contributed by atoms with Crippen LogP contribution >= 0.6 is 11.8 Å². The lowest BCUT2D eigenvalue weighted by molar-refractivity contribution is 0.139. The quantitative estimate of drug-likeness (QED) is 0.413. The SMILES string of the molecule is CN=C(NCC(C)CN1CCN(C)CC1)NCC(C)Sc1ccccc1. The van der Waals surface area contributed by atoms with Crippen molar-refractivity contribution in [2.45, 2.75) is 24.0 Å². The van der Waals surface area contributed by atoms with Gasteiger partial charge in [0, 0.05) is 63.0 Å². The lowest BCUT2D eigenvalue weighted by Crippen LogP contribution is -2.47. The summed E-state index contributed by atoms with van der Waals surface area (Å²) in [4.78, 5) is 10.6. The largest absolute Gasteiger partial charge is 0.356 e. The van der Waals surface area contributed by atoms with Crippen LogP contribution in [-0.2, 0) is 0 Å². The Balaban J connectivity index is 1.63. The molecule has 2 unspecified atom stereocenters. The Morgan fingerprint density at radius 2 is 1.73 bits per heavy atom. The van der Waals surface area contributed by atoms with Gasteiger partial charge in [0.2, 0.25) is 0 Å². The Bertz CT molecular complexity index is 528. The summed E-state index contributed by atoms with van der Waals surface area (Å²) < 4.78 is 0. The maximum absolute atomic E-state index is 4.36. The van der Waals surface area contributed by atoms with Gasteiger partial charge in [-0.25, -0.2) is 0 Å². The molecule has 1 fully saturated rings. The summed E-state index contributed by atoms with van der Waals surface area (Å²) in [6.07, 6.45) is 0. The Labute approximate surface area is 163 Å². The van der Waals surface area contributed by atoms with E-state index >= 15 is 0 Å². The Morgan fingerprint density at radius 3 is 2.38 bits per heavy atom. The maximum Gasteiger partial charge on any atom is 0.191 e. The number of likely N-dealkylation sites (N-methyl/N-ethyl adjacent to an activating group) is 1. The van der Waals surface area contributed by atoms with Crippen molar-refractivity contribution in [2.24, 2.45) is 10.9 Å². The fraction of sp³-hybridized carbons (Fsp3) is 0.650. The molecular formula is C20H35N5S. The molecular weight excluding hydrogens is 342 g/mol. The van der Waals surface area contributed by atoms with Gasteiger partial charge in [-0.05, 0) is 25.1 Å². The number of nitrogens with one attached hydrogen (secondary N) is 2. The van der Waals surface area contributed by atoms with E-state index in [4.69, 9.17) is 0 Å². The van der Waals surface area contributed by atoms with Gasteiger partial charge < -0.3 is 20.4 Å². The van der Waals surface area contributed by atoms with Gasteiger partial charge in [-0.1, -0.05) is 32.0 Å². The van der Waals surface area contributed by atoms with Crippen LogP contribution in [0.2, 0.25) is 0 Å². The molecule has 6 heteroatoms. The minimum Gasteiger partial charge on any atom is -0.356 e. The van der Waals surface area contributed by atoms with Crippen molar-refractivity contribution in [2.75, 3.05) is 59.9 Å². The topological polar surface area (TPSA) is 42.9 Å². The van der Waals surface area contributed by atoms with Crippen LogP contribution in [0.15, 0.2) is 40.2 Å². The third-order valence-corrected chi connectivity index (χ3v) is 5.76. The van der Waals surface area contributed by atoms with Crippen molar-refractivity contribution in [1.29, 1.82) is 0 Å². The summed E-state index contributed by atoms with van der Waals surface area (Å²) >= 11 is 1.89. The molecule has 1 saturated heterocycles. The zero-order valence-electron chi connectivity index (χ0n) is 16.7. The van der Waals surface area contributed by atoms with E-state index < -0.39 is 0 Å². The molecule has 1 heterocycles. The summed E-state index contributed by atoms with van der Waals surface area (Å²) in [6.45, 7) is 12.3. The minimum atomic E-state index is 0.485. The van der Waals surface area contributed by atoms with Gasteiger partial charge in [0.1, 0.15) is 0 Å². The van der Waals surface area contributed by atoms with Gasteiger partial charge in [-0.3, -0.25) is 4.99 Å². The molecule has 0 amide bonds. The van der Waals surface area contributed by atoms with Crippen molar-refractivity contribution in [3.63, 3.8) is 0 Å². The van der Waals surface area contributed by atoms with Gasteiger partial charge >= 0.3 is 0 Å². The van der Waals surface area contributed by atoms with Crippen LogP contribution < -0.4 is 10.6 Å². The number of benzene rings is 1. The monoisotopic (exact) mass is 377 g/mol. The summed E-state index contributed by atoms with van der Waals surface area (Å²) in [6, 6.07) is 10.6. The Kier molecular flexibility index (Phi) is 9.29. The van der Waals surface area contributed by atoms with Crippen LogP contribution in [0.4, 0.5) is 0 Å². The summed E-state index contributed by atoms with van der Waals surface area (Å²) in [7, 11) is 4.05. The minimum absolute atomic E-state index is 0.485. The van der Waals surface area contributed by atoms with E-state index in [0.29, 0.717) is 11.2 Å². The molecule has 0 aromatic heterocycles. The zero-order chi connectivity index (χ0) is 18.8. The highest BCUT2D eigenvalue weighted by molar-refractivity contribution is 8.00. The van der Waals surface area contributed by atoms with Crippen molar-refractivity contribution >= 4 is 17.7 Å². The zero-order valence-corrected chi connectivity index (χ0v) is 17.6. The second-order valence-corrected chi connectivity index (χ2v) is 8.80. The molecule has 0 saturated carbocycles.